The van der Waals surface area contributed by atoms with Crippen LogP contribution in [0, 0.1) is 0 Å². The molecule has 1 aromatic heterocycles. The van der Waals surface area contributed by atoms with Crippen LogP contribution in [0.5, 0.6) is 0 Å². The number of ketones is 1. The molecule has 0 spiro atoms. The molecule has 1 rings (SSSR count). The van der Waals surface area contributed by atoms with Gasteiger partial charge in [0.25, 0.3) is 0 Å². The van der Waals surface area contributed by atoms with Crippen LogP contribution in [0.3, 0.4) is 0 Å². The second-order valence-corrected chi connectivity index (χ2v) is 3.10. The van der Waals surface area contributed by atoms with Gasteiger partial charge >= 0.3 is 11.9 Å². The molecule has 0 aliphatic carbocycles. The largest absolute Gasteiger partial charge is 0.469 e. The van der Waals surface area contributed by atoms with Gasteiger partial charge in [-0.3, -0.25) is 14.6 Å². The summed E-state index contributed by atoms with van der Waals surface area (Å²) < 4.78 is 8.84. The first-order valence-corrected chi connectivity index (χ1v) is 4.73. The number of rotatable bonds is 4. The molecule has 90 valence electrons. The SMILES string of the molecule is COC(=O)CC(=O)c1ccc(C(=O)OC)cn1. The van der Waals surface area contributed by atoms with Gasteiger partial charge in [0.15, 0.2) is 5.78 Å². The smallest absolute Gasteiger partial charge is 0.339 e. The number of nitrogens with zero attached hydrogens (tertiary/aromatic N) is 1. The van der Waals surface area contributed by atoms with Crippen LogP contribution >= 0.6 is 0 Å². The van der Waals surface area contributed by atoms with E-state index in [0.29, 0.717) is 0 Å². The minimum Gasteiger partial charge on any atom is -0.469 e. The van der Waals surface area contributed by atoms with E-state index in [2.05, 4.69) is 14.5 Å². The lowest BCUT2D eigenvalue weighted by Crippen LogP contribution is -2.11. The Morgan fingerprint density at radius 3 is 2.35 bits per heavy atom. The molecule has 17 heavy (non-hydrogen) atoms. The van der Waals surface area contributed by atoms with E-state index in [-0.39, 0.29) is 17.7 Å². The van der Waals surface area contributed by atoms with Crippen molar-refractivity contribution < 1.29 is 23.9 Å². The van der Waals surface area contributed by atoms with Crippen LogP contribution in [0.1, 0.15) is 27.3 Å². The van der Waals surface area contributed by atoms with Crippen LogP contribution in [0.4, 0.5) is 0 Å². The van der Waals surface area contributed by atoms with Crippen molar-refractivity contribution in [3.8, 4) is 0 Å². The standard InChI is InChI=1S/C11H11NO5/c1-16-10(14)5-9(13)8-4-3-7(6-12-8)11(15)17-2/h3-4,6H,5H2,1-2H3. The van der Waals surface area contributed by atoms with Crippen LogP contribution in [0.25, 0.3) is 0 Å². The fourth-order valence-electron chi connectivity index (χ4n) is 1.09. The van der Waals surface area contributed by atoms with Crippen molar-refractivity contribution in [3.05, 3.63) is 29.6 Å². The Kier molecular flexibility index (Phi) is 4.33. The molecule has 0 aliphatic heterocycles. The molecule has 6 nitrogen and oxygen atoms in total. The molecule has 0 saturated carbocycles. The van der Waals surface area contributed by atoms with Crippen molar-refractivity contribution >= 4 is 17.7 Å². The third-order valence-electron chi connectivity index (χ3n) is 2.00. The molecule has 0 bridgehead atoms. The van der Waals surface area contributed by atoms with Gasteiger partial charge in [0.05, 0.1) is 19.8 Å². The number of carbonyl (C=O) groups is 3. The molecular formula is C11H11NO5. The van der Waals surface area contributed by atoms with Crippen molar-refractivity contribution in [2.45, 2.75) is 6.42 Å². The van der Waals surface area contributed by atoms with Crippen LogP contribution in [-0.4, -0.2) is 36.9 Å². The zero-order valence-corrected chi connectivity index (χ0v) is 9.43. The highest BCUT2D eigenvalue weighted by atomic mass is 16.5. The van der Waals surface area contributed by atoms with Gasteiger partial charge in [0.1, 0.15) is 12.1 Å². The highest BCUT2D eigenvalue weighted by Gasteiger charge is 2.14. The lowest BCUT2D eigenvalue weighted by atomic mass is 10.1. The Bertz CT molecular complexity index is 438. The van der Waals surface area contributed by atoms with Gasteiger partial charge in [-0.1, -0.05) is 0 Å². The molecule has 0 fully saturated rings. The summed E-state index contributed by atoms with van der Waals surface area (Å²) in [4.78, 5) is 37.2. The van der Waals surface area contributed by atoms with E-state index in [1.165, 1.54) is 32.5 Å². The van der Waals surface area contributed by atoms with Crippen LogP contribution in [0.15, 0.2) is 18.3 Å². The summed E-state index contributed by atoms with van der Waals surface area (Å²) in [6, 6.07) is 2.76. The summed E-state index contributed by atoms with van der Waals surface area (Å²) >= 11 is 0. The summed E-state index contributed by atoms with van der Waals surface area (Å²) in [5.74, 6) is -1.63. The first-order chi connectivity index (χ1) is 8.08. The maximum atomic E-state index is 11.5. The maximum absolute atomic E-state index is 11.5. The summed E-state index contributed by atoms with van der Waals surface area (Å²) in [5.41, 5.74) is 0.338. The zero-order valence-electron chi connectivity index (χ0n) is 9.43. The number of ether oxygens (including phenoxy) is 2. The summed E-state index contributed by atoms with van der Waals surface area (Å²) in [7, 11) is 2.45. The normalized spacial score (nSPS) is 9.53. The average molecular weight is 237 g/mol. The number of hydrogen-bond donors (Lipinski definition) is 0. The van der Waals surface area contributed by atoms with E-state index in [1.54, 1.807) is 0 Å². The van der Waals surface area contributed by atoms with Gasteiger partial charge in [0.2, 0.25) is 0 Å². The number of Topliss-reactive ketones (excluding diaryl/α,β-unsaturated/α-hetero) is 1. The number of aromatic nitrogens is 1. The molecule has 1 aromatic rings. The summed E-state index contributed by atoms with van der Waals surface area (Å²) in [5, 5.41) is 0. The number of pyridine rings is 1. The zero-order chi connectivity index (χ0) is 12.8. The lowest BCUT2D eigenvalue weighted by Gasteiger charge is -2.01. The topological polar surface area (TPSA) is 82.6 Å². The second-order valence-electron chi connectivity index (χ2n) is 3.10. The van der Waals surface area contributed by atoms with E-state index >= 15 is 0 Å². The van der Waals surface area contributed by atoms with Gasteiger partial charge in [-0.05, 0) is 12.1 Å². The molecule has 0 unspecified atom stereocenters. The summed E-state index contributed by atoms with van der Waals surface area (Å²) in [6.45, 7) is 0. The monoisotopic (exact) mass is 237 g/mol. The van der Waals surface area contributed by atoms with Gasteiger partial charge < -0.3 is 9.47 Å². The highest BCUT2D eigenvalue weighted by molar-refractivity contribution is 6.05. The predicted molar refractivity (Wildman–Crippen MR) is 56.5 cm³/mol. The molecule has 1 heterocycles. The Balaban J connectivity index is 2.77. The minimum absolute atomic E-state index is 0.100. The van der Waals surface area contributed by atoms with Gasteiger partial charge in [0, 0.05) is 6.20 Å². The van der Waals surface area contributed by atoms with Crippen molar-refractivity contribution in [2.75, 3.05) is 14.2 Å². The quantitative estimate of drug-likeness (QED) is 0.433. The molecule has 0 radical (unpaired) electrons. The number of methoxy groups -OCH3 is 2. The summed E-state index contributed by atoms with van der Waals surface area (Å²) in [6.07, 6.45) is 0.845. The molecule has 0 saturated heterocycles. The molecular weight excluding hydrogens is 226 g/mol. The third-order valence-corrected chi connectivity index (χ3v) is 2.00. The Morgan fingerprint density at radius 2 is 1.88 bits per heavy atom. The van der Waals surface area contributed by atoms with E-state index in [0.717, 1.165) is 0 Å². The molecule has 0 atom stereocenters. The number of esters is 2. The molecule has 6 heteroatoms. The number of hydrogen-bond acceptors (Lipinski definition) is 6. The van der Waals surface area contributed by atoms with Crippen LogP contribution in [0.2, 0.25) is 0 Å². The molecule has 0 amide bonds. The molecule has 0 aromatic carbocycles. The van der Waals surface area contributed by atoms with Gasteiger partial charge in [-0.15, -0.1) is 0 Å². The molecule has 0 N–H and O–H groups in total. The van der Waals surface area contributed by atoms with Crippen molar-refractivity contribution in [3.63, 3.8) is 0 Å². The van der Waals surface area contributed by atoms with Crippen molar-refractivity contribution in [2.24, 2.45) is 0 Å². The fraction of sp³-hybridized carbons (Fsp3) is 0.273. The van der Waals surface area contributed by atoms with Crippen LogP contribution < -0.4 is 0 Å². The Hall–Kier alpha value is -2.24. The van der Waals surface area contributed by atoms with Gasteiger partial charge in [-0.25, -0.2) is 4.79 Å². The lowest BCUT2D eigenvalue weighted by molar-refractivity contribution is -0.139. The van der Waals surface area contributed by atoms with Crippen LogP contribution in [-0.2, 0) is 14.3 Å². The average Bonchev–Trinajstić information content (AvgIpc) is 2.37. The minimum atomic E-state index is -0.631. The second kappa shape index (κ2) is 5.74. The Labute approximate surface area is 97.6 Å². The van der Waals surface area contributed by atoms with E-state index in [9.17, 15) is 14.4 Å². The van der Waals surface area contributed by atoms with Gasteiger partial charge in [-0.2, -0.15) is 0 Å². The third kappa shape index (κ3) is 3.37. The Morgan fingerprint density at radius 1 is 1.18 bits per heavy atom. The first-order valence-electron chi connectivity index (χ1n) is 4.73. The maximum Gasteiger partial charge on any atom is 0.339 e. The first kappa shape index (κ1) is 12.8. The van der Waals surface area contributed by atoms with E-state index < -0.39 is 17.7 Å². The van der Waals surface area contributed by atoms with Crippen molar-refractivity contribution in [1.29, 1.82) is 0 Å². The molecule has 0 aliphatic rings. The fourth-order valence-corrected chi connectivity index (χ4v) is 1.09. The van der Waals surface area contributed by atoms with Crippen molar-refractivity contribution in [1.82, 2.24) is 4.98 Å². The number of carbonyl (C=O) groups excluding carboxylic acids is 3. The van der Waals surface area contributed by atoms with E-state index in [4.69, 9.17) is 0 Å². The highest BCUT2D eigenvalue weighted by Crippen LogP contribution is 2.05. The predicted octanol–water partition coefficient (Wildman–Crippen LogP) is 0.614. The van der Waals surface area contributed by atoms with E-state index in [1.807, 2.05) is 0 Å².